The molecule has 1 amide bonds. The third-order valence-corrected chi connectivity index (χ3v) is 5.55. The number of aryl methyl sites for hydroxylation is 1. The monoisotopic (exact) mass is 377 g/mol. The molecule has 1 aliphatic heterocycles. The first-order valence-corrected chi connectivity index (χ1v) is 9.77. The normalized spacial score (nSPS) is 20.9. The fraction of sp³-hybridized carbons (Fsp3) is 0.667. The number of carbonyl (C=O) groups is 1. The van der Waals surface area contributed by atoms with E-state index < -0.39 is 17.2 Å². The summed E-state index contributed by atoms with van der Waals surface area (Å²) in [6.07, 6.45) is 1.40. The maximum absolute atomic E-state index is 12.5. The van der Waals surface area contributed by atoms with Gasteiger partial charge in [-0.2, -0.15) is 5.06 Å². The Kier molecular flexibility index (Phi) is 6.55. The first kappa shape index (κ1) is 21.7. The Balaban J connectivity index is 2.08. The average molecular weight is 378 g/mol. The first-order valence-electron chi connectivity index (χ1n) is 9.77. The highest BCUT2D eigenvalue weighted by molar-refractivity contribution is 5.85. The number of carbonyl (C=O) groups excluding carboxylic acids is 1. The van der Waals surface area contributed by atoms with E-state index in [0.29, 0.717) is 12.8 Å². The third kappa shape index (κ3) is 5.00. The van der Waals surface area contributed by atoms with Crippen molar-refractivity contribution < 1.29 is 14.7 Å². The van der Waals surface area contributed by atoms with Gasteiger partial charge in [-0.25, -0.2) is 4.79 Å². The van der Waals surface area contributed by atoms with Gasteiger partial charge in [0.25, 0.3) is 0 Å². The first-order chi connectivity index (χ1) is 12.5. The van der Waals surface area contributed by atoms with Crippen molar-refractivity contribution in [3.8, 4) is 0 Å². The van der Waals surface area contributed by atoms with Crippen LogP contribution in [0.1, 0.15) is 71.6 Å². The second-order valence-corrected chi connectivity index (χ2v) is 8.77. The molecule has 1 aromatic carbocycles. The quantitative estimate of drug-likeness (QED) is 0.705. The maximum Gasteiger partial charge on any atom is 0.411 e. The van der Waals surface area contributed by atoms with Gasteiger partial charge in [-0.1, -0.05) is 13.0 Å². The van der Waals surface area contributed by atoms with Crippen LogP contribution in [0.5, 0.6) is 0 Å². The van der Waals surface area contributed by atoms with Gasteiger partial charge in [-0.05, 0) is 71.3 Å². The fourth-order valence-corrected chi connectivity index (χ4v) is 4.11. The summed E-state index contributed by atoms with van der Waals surface area (Å²) >= 11 is 0. The molecule has 6 nitrogen and oxygen atoms in total. The summed E-state index contributed by atoms with van der Waals surface area (Å²) in [5, 5.41) is 17.9. The van der Waals surface area contributed by atoms with Gasteiger partial charge in [0.1, 0.15) is 6.10 Å². The van der Waals surface area contributed by atoms with E-state index in [9.17, 15) is 10.0 Å². The Labute approximate surface area is 163 Å². The summed E-state index contributed by atoms with van der Waals surface area (Å²) < 4.78 is 5.69. The molecule has 0 aromatic heterocycles. The Morgan fingerprint density at radius 1 is 1.30 bits per heavy atom. The predicted molar refractivity (Wildman–Crippen MR) is 108 cm³/mol. The van der Waals surface area contributed by atoms with Gasteiger partial charge >= 0.3 is 6.09 Å². The van der Waals surface area contributed by atoms with Crippen molar-refractivity contribution in [3.63, 3.8) is 0 Å². The van der Waals surface area contributed by atoms with E-state index in [2.05, 4.69) is 30.5 Å². The molecule has 0 bridgehead atoms. The summed E-state index contributed by atoms with van der Waals surface area (Å²) in [6, 6.07) is 6.17. The van der Waals surface area contributed by atoms with Gasteiger partial charge < -0.3 is 15.3 Å². The number of piperidine rings is 1. The topological polar surface area (TPSA) is 73.8 Å². The zero-order chi connectivity index (χ0) is 20.4. The third-order valence-electron chi connectivity index (χ3n) is 5.55. The lowest BCUT2D eigenvalue weighted by atomic mass is 9.80. The van der Waals surface area contributed by atoms with Crippen LogP contribution in [-0.4, -0.2) is 40.6 Å². The fourth-order valence-electron chi connectivity index (χ4n) is 4.11. The molecule has 3 N–H and O–H groups in total. The van der Waals surface area contributed by atoms with Crippen molar-refractivity contribution in [2.24, 2.45) is 0 Å². The second-order valence-electron chi connectivity index (χ2n) is 8.77. The molecule has 1 saturated heterocycles. The molecule has 0 saturated carbocycles. The van der Waals surface area contributed by atoms with Crippen LogP contribution in [0, 0.1) is 0 Å². The van der Waals surface area contributed by atoms with Crippen LogP contribution >= 0.6 is 0 Å². The van der Waals surface area contributed by atoms with Gasteiger partial charge in [0.15, 0.2) is 0 Å². The molecule has 2 rings (SSSR count). The lowest BCUT2D eigenvalue weighted by molar-refractivity contribution is -0.256. The van der Waals surface area contributed by atoms with E-state index in [0.717, 1.165) is 12.1 Å². The number of ether oxygens (including phenoxy) is 1. The van der Waals surface area contributed by atoms with Crippen molar-refractivity contribution >= 4 is 11.8 Å². The molecule has 6 heteroatoms. The molecule has 1 unspecified atom stereocenters. The van der Waals surface area contributed by atoms with Gasteiger partial charge in [0.05, 0.1) is 0 Å². The number of nitrogens with one attached hydrogen (secondary N) is 2. The smallest absolute Gasteiger partial charge is 0.411 e. The second kappa shape index (κ2) is 8.17. The van der Waals surface area contributed by atoms with Crippen molar-refractivity contribution in [2.75, 3.05) is 12.4 Å². The SMILES string of the molecule is CCc1ccc(NC(=O)OC2CC(C)(C)N(O)C(C)(C)C2)cc1C(C)NC. The van der Waals surface area contributed by atoms with Crippen molar-refractivity contribution in [3.05, 3.63) is 29.3 Å². The minimum absolute atomic E-state index is 0.202. The predicted octanol–water partition coefficient (Wildman–Crippen LogP) is 4.49. The lowest BCUT2D eigenvalue weighted by Crippen LogP contribution is -2.60. The highest BCUT2D eigenvalue weighted by atomic mass is 16.6. The molecule has 1 aromatic rings. The Morgan fingerprint density at radius 3 is 2.41 bits per heavy atom. The van der Waals surface area contributed by atoms with E-state index >= 15 is 0 Å². The lowest BCUT2D eigenvalue weighted by Gasteiger charge is -2.50. The highest BCUT2D eigenvalue weighted by Crippen LogP contribution is 2.38. The van der Waals surface area contributed by atoms with Crippen LogP contribution in [0.15, 0.2) is 18.2 Å². The Hall–Kier alpha value is -1.63. The van der Waals surface area contributed by atoms with Crippen LogP contribution in [0.4, 0.5) is 10.5 Å². The van der Waals surface area contributed by atoms with Crippen LogP contribution < -0.4 is 10.6 Å². The molecule has 27 heavy (non-hydrogen) atoms. The van der Waals surface area contributed by atoms with Gasteiger partial charge in [-0.3, -0.25) is 5.32 Å². The number of nitrogens with zero attached hydrogens (tertiary/aromatic N) is 1. The van der Waals surface area contributed by atoms with E-state index in [1.807, 2.05) is 46.9 Å². The van der Waals surface area contributed by atoms with Crippen LogP contribution in [0.3, 0.4) is 0 Å². The zero-order valence-corrected chi connectivity index (χ0v) is 17.7. The van der Waals surface area contributed by atoms with E-state index in [1.54, 1.807) is 0 Å². The van der Waals surface area contributed by atoms with Crippen molar-refractivity contribution in [2.45, 2.75) is 84.0 Å². The number of rotatable bonds is 5. The van der Waals surface area contributed by atoms with Crippen LogP contribution in [-0.2, 0) is 11.2 Å². The number of amides is 1. The number of benzene rings is 1. The van der Waals surface area contributed by atoms with Crippen LogP contribution in [0.25, 0.3) is 0 Å². The summed E-state index contributed by atoms with van der Waals surface area (Å²) in [5.74, 6) is 0. The average Bonchev–Trinajstić information content (AvgIpc) is 2.58. The van der Waals surface area contributed by atoms with Gasteiger partial charge in [0.2, 0.25) is 0 Å². The number of anilines is 1. The Morgan fingerprint density at radius 2 is 1.89 bits per heavy atom. The maximum atomic E-state index is 12.5. The largest absolute Gasteiger partial charge is 0.446 e. The molecule has 1 fully saturated rings. The summed E-state index contributed by atoms with van der Waals surface area (Å²) in [6.45, 7) is 12.0. The minimum Gasteiger partial charge on any atom is -0.446 e. The molecule has 1 atom stereocenters. The van der Waals surface area contributed by atoms with Crippen molar-refractivity contribution in [1.82, 2.24) is 10.4 Å². The summed E-state index contributed by atoms with van der Waals surface area (Å²) in [7, 11) is 1.93. The minimum atomic E-state index is -0.454. The number of hydroxylamine groups is 2. The zero-order valence-electron chi connectivity index (χ0n) is 17.7. The van der Waals surface area contributed by atoms with E-state index in [4.69, 9.17) is 4.74 Å². The number of hydrogen-bond donors (Lipinski definition) is 3. The van der Waals surface area contributed by atoms with Crippen LogP contribution in [0.2, 0.25) is 0 Å². The van der Waals surface area contributed by atoms with Crippen molar-refractivity contribution in [1.29, 1.82) is 0 Å². The molecule has 1 heterocycles. The summed E-state index contributed by atoms with van der Waals surface area (Å²) in [5.41, 5.74) is 2.26. The van der Waals surface area contributed by atoms with E-state index in [1.165, 1.54) is 16.2 Å². The standard InChI is InChI=1S/C21H35N3O3/c1-8-15-9-10-16(11-18(15)14(2)22-7)23-19(25)27-17-12-20(3,4)24(26)21(5,6)13-17/h9-11,14,17,22,26H,8,12-13H2,1-7H3,(H,23,25). The molecule has 1 aliphatic rings. The molecular weight excluding hydrogens is 342 g/mol. The Bertz CT molecular complexity index is 655. The number of hydrogen-bond acceptors (Lipinski definition) is 5. The van der Waals surface area contributed by atoms with E-state index in [-0.39, 0.29) is 12.1 Å². The molecular formula is C21H35N3O3. The molecule has 0 radical (unpaired) electrons. The molecule has 152 valence electrons. The molecule has 0 spiro atoms. The molecule has 0 aliphatic carbocycles. The summed E-state index contributed by atoms with van der Waals surface area (Å²) in [4.78, 5) is 12.5. The van der Waals surface area contributed by atoms with Gasteiger partial charge in [-0.15, -0.1) is 0 Å². The van der Waals surface area contributed by atoms with Gasteiger partial charge in [0, 0.05) is 35.6 Å². The highest BCUT2D eigenvalue weighted by Gasteiger charge is 2.46.